The van der Waals surface area contributed by atoms with Crippen LogP contribution in [0.5, 0.6) is 0 Å². The fourth-order valence-electron chi connectivity index (χ4n) is 3.57. The van der Waals surface area contributed by atoms with Crippen molar-refractivity contribution in [3.63, 3.8) is 0 Å². The molecule has 0 spiro atoms. The van der Waals surface area contributed by atoms with Crippen molar-refractivity contribution in [2.24, 2.45) is 5.92 Å². The van der Waals surface area contributed by atoms with Gasteiger partial charge in [0.05, 0.1) is 11.6 Å². The average molecular weight is 336 g/mol. The summed E-state index contributed by atoms with van der Waals surface area (Å²) in [5, 5.41) is 0. The van der Waals surface area contributed by atoms with Crippen molar-refractivity contribution in [3.8, 4) is 0 Å². The van der Waals surface area contributed by atoms with Crippen LogP contribution in [0.2, 0.25) is 0 Å². The van der Waals surface area contributed by atoms with E-state index in [1.54, 1.807) is 0 Å². The maximum Gasteiger partial charge on any atom is 0.416 e. The van der Waals surface area contributed by atoms with Crippen molar-refractivity contribution in [1.82, 2.24) is 9.47 Å². The number of rotatable bonds is 3. The van der Waals surface area contributed by atoms with Crippen molar-refractivity contribution in [2.45, 2.75) is 39.0 Å². The molecule has 2 heterocycles. The van der Waals surface area contributed by atoms with Crippen LogP contribution in [0.4, 0.5) is 13.2 Å². The summed E-state index contributed by atoms with van der Waals surface area (Å²) < 4.78 is 41.6. The third-order valence-corrected chi connectivity index (χ3v) is 4.48. The third kappa shape index (κ3) is 3.51. The zero-order valence-corrected chi connectivity index (χ0v) is 14.1. The lowest BCUT2D eigenvalue weighted by Gasteiger charge is -2.32. The average Bonchev–Trinajstić information content (AvgIpc) is 2.88. The van der Waals surface area contributed by atoms with Crippen LogP contribution in [-0.4, -0.2) is 22.6 Å². The molecule has 1 atom stereocenters. The van der Waals surface area contributed by atoms with Gasteiger partial charge in [0.1, 0.15) is 0 Å². The SMILES string of the molecule is CC(C)CN1CCCn2cccc2C1c1cccc(C(F)(F)F)c1. The van der Waals surface area contributed by atoms with Gasteiger partial charge in [0.2, 0.25) is 0 Å². The fraction of sp³-hybridized carbons (Fsp3) is 0.474. The minimum absolute atomic E-state index is 0.132. The molecule has 0 saturated carbocycles. The van der Waals surface area contributed by atoms with Gasteiger partial charge >= 0.3 is 6.18 Å². The second-order valence-corrected chi connectivity index (χ2v) is 6.89. The number of nitrogens with zero attached hydrogens (tertiary/aromatic N) is 2. The smallest absolute Gasteiger partial charge is 0.350 e. The van der Waals surface area contributed by atoms with E-state index in [-0.39, 0.29) is 6.04 Å². The van der Waals surface area contributed by atoms with Crippen LogP contribution in [0.15, 0.2) is 42.6 Å². The van der Waals surface area contributed by atoms with Gasteiger partial charge in [0.25, 0.3) is 0 Å². The molecule has 0 amide bonds. The maximum absolute atomic E-state index is 13.1. The number of halogens is 3. The molecule has 24 heavy (non-hydrogen) atoms. The molecule has 1 aliphatic rings. The van der Waals surface area contributed by atoms with Crippen LogP contribution >= 0.6 is 0 Å². The fourth-order valence-corrected chi connectivity index (χ4v) is 3.57. The summed E-state index contributed by atoms with van der Waals surface area (Å²) in [5.74, 6) is 0.458. The molecule has 0 bridgehead atoms. The summed E-state index contributed by atoms with van der Waals surface area (Å²) in [6, 6.07) is 9.66. The lowest BCUT2D eigenvalue weighted by atomic mass is 9.98. The van der Waals surface area contributed by atoms with Gasteiger partial charge in [0.15, 0.2) is 0 Å². The van der Waals surface area contributed by atoms with Gasteiger partial charge < -0.3 is 4.57 Å². The number of hydrogen-bond donors (Lipinski definition) is 0. The van der Waals surface area contributed by atoms with Gasteiger partial charge in [-0.3, -0.25) is 4.90 Å². The maximum atomic E-state index is 13.1. The molecule has 1 aromatic carbocycles. The molecular formula is C19H23F3N2. The Kier molecular flexibility index (Phi) is 4.72. The zero-order chi connectivity index (χ0) is 17.3. The molecule has 0 N–H and O–H groups in total. The molecule has 0 aliphatic carbocycles. The van der Waals surface area contributed by atoms with Crippen molar-refractivity contribution < 1.29 is 13.2 Å². The Labute approximate surface area is 140 Å². The minimum Gasteiger partial charge on any atom is -0.350 e. The summed E-state index contributed by atoms with van der Waals surface area (Å²) >= 11 is 0. The van der Waals surface area contributed by atoms with Crippen LogP contribution < -0.4 is 0 Å². The highest BCUT2D eigenvalue weighted by atomic mass is 19.4. The third-order valence-electron chi connectivity index (χ3n) is 4.48. The highest BCUT2D eigenvalue weighted by molar-refractivity contribution is 5.34. The second-order valence-electron chi connectivity index (χ2n) is 6.89. The van der Waals surface area contributed by atoms with Crippen molar-refractivity contribution in [1.29, 1.82) is 0 Å². The van der Waals surface area contributed by atoms with Crippen molar-refractivity contribution in [2.75, 3.05) is 13.1 Å². The van der Waals surface area contributed by atoms with Crippen molar-refractivity contribution >= 4 is 0 Å². The lowest BCUT2D eigenvalue weighted by Crippen LogP contribution is -2.33. The highest BCUT2D eigenvalue weighted by Crippen LogP contribution is 2.36. The first-order chi connectivity index (χ1) is 11.4. The van der Waals surface area contributed by atoms with E-state index < -0.39 is 11.7 Å². The number of alkyl halides is 3. The number of aryl methyl sites for hydroxylation is 1. The number of aromatic nitrogens is 1. The Hall–Kier alpha value is -1.75. The molecular weight excluding hydrogens is 313 g/mol. The zero-order valence-electron chi connectivity index (χ0n) is 14.1. The Morgan fingerprint density at radius 1 is 1.12 bits per heavy atom. The van der Waals surface area contributed by atoms with Crippen LogP contribution in [-0.2, 0) is 12.7 Å². The standard InChI is InChI=1S/C19H23F3N2/c1-14(2)13-24-11-5-10-23-9-4-8-17(23)18(24)15-6-3-7-16(12-15)19(20,21)22/h3-4,6-9,12,14,18H,5,10-11,13H2,1-2H3. The normalized spacial score (nSPS) is 19.3. The van der Waals surface area contributed by atoms with E-state index in [9.17, 15) is 13.2 Å². The Bertz CT molecular complexity index is 688. The molecule has 1 aliphatic heterocycles. The summed E-state index contributed by atoms with van der Waals surface area (Å²) in [6.45, 7) is 6.96. The predicted molar refractivity (Wildman–Crippen MR) is 88.7 cm³/mol. The molecule has 130 valence electrons. The van der Waals surface area contributed by atoms with Crippen LogP contribution in [0.3, 0.4) is 0 Å². The van der Waals surface area contributed by atoms with E-state index in [4.69, 9.17) is 0 Å². The molecule has 0 fully saturated rings. The topological polar surface area (TPSA) is 8.17 Å². The Morgan fingerprint density at radius 2 is 1.92 bits per heavy atom. The van der Waals surface area contributed by atoms with E-state index in [1.807, 2.05) is 24.4 Å². The lowest BCUT2D eigenvalue weighted by molar-refractivity contribution is -0.137. The molecule has 1 aromatic heterocycles. The summed E-state index contributed by atoms with van der Waals surface area (Å²) in [7, 11) is 0. The largest absolute Gasteiger partial charge is 0.416 e. The van der Waals surface area contributed by atoms with Gasteiger partial charge in [-0.25, -0.2) is 0 Å². The van der Waals surface area contributed by atoms with Crippen LogP contribution in [0.1, 0.15) is 43.1 Å². The van der Waals surface area contributed by atoms with E-state index >= 15 is 0 Å². The van der Waals surface area contributed by atoms with Crippen molar-refractivity contribution in [3.05, 3.63) is 59.4 Å². The monoisotopic (exact) mass is 336 g/mol. The van der Waals surface area contributed by atoms with E-state index in [0.29, 0.717) is 11.5 Å². The summed E-state index contributed by atoms with van der Waals surface area (Å²) in [5.41, 5.74) is 1.21. The molecule has 0 saturated heterocycles. The molecule has 1 unspecified atom stereocenters. The van der Waals surface area contributed by atoms with E-state index in [0.717, 1.165) is 37.8 Å². The van der Waals surface area contributed by atoms with Gasteiger partial charge in [-0.2, -0.15) is 13.2 Å². The number of benzene rings is 1. The number of hydrogen-bond acceptors (Lipinski definition) is 1. The molecule has 3 rings (SSSR count). The van der Waals surface area contributed by atoms with Gasteiger partial charge in [-0.1, -0.05) is 26.0 Å². The second kappa shape index (κ2) is 6.63. The predicted octanol–water partition coefficient (Wildman–Crippen LogP) is 4.96. The molecule has 5 heteroatoms. The van der Waals surface area contributed by atoms with Gasteiger partial charge in [-0.15, -0.1) is 0 Å². The van der Waals surface area contributed by atoms with Gasteiger partial charge in [0, 0.05) is 31.5 Å². The molecule has 0 radical (unpaired) electrons. The first kappa shape index (κ1) is 17.1. The summed E-state index contributed by atoms with van der Waals surface area (Å²) in [4.78, 5) is 2.32. The van der Waals surface area contributed by atoms with E-state index in [2.05, 4.69) is 23.3 Å². The highest BCUT2D eigenvalue weighted by Gasteiger charge is 2.33. The van der Waals surface area contributed by atoms with Gasteiger partial charge in [-0.05, 0) is 42.2 Å². The summed E-state index contributed by atoms with van der Waals surface area (Å²) in [6.07, 6.45) is -1.29. The molecule has 2 nitrogen and oxygen atoms in total. The number of fused-ring (bicyclic) bond motifs is 1. The first-order valence-corrected chi connectivity index (χ1v) is 8.42. The first-order valence-electron chi connectivity index (χ1n) is 8.42. The molecule has 2 aromatic rings. The quantitative estimate of drug-likeness (QED) is 0.769. The minimum atomic E-state index is -4.31. The Morgan fingerprint density at radius 3 is 2.62 bits per heavy atom. The van der Waals surface area contributed by atoms with Crippen LogP contribution in [0.25, 0.3) is 0 Å². The van der Waals surface area contributed by atoms with E-state index in [1.165, 1.54) is 12.1 Å². The van der Waals surface area contributed by atoms with Crippen LogP contribution in [0, 0.1) is 5.92 Å². The Balaban J connectivity index is 2.06.